The topological polar surface area (TPSA) is 96.7 Å². The molecule has 1 fully saturated rings. The fraction of sp³-hybridized carbons (Fsp3) is 0.476. The highest BCUT2D eigenvalue weighted by Gasteiger charge is 2.28. The molecule has 0 spiro atoms. The summed E-state index contributed by atoms with van der Waals surface area (Å²) in [4.78, 5) is 27.4. The van der Waals surface area contributed by atoms with Crippen molar-refractivity contribution in [1.29, 1.82) is 5.26 Å². The Morgan fingerprint density at radius 1 is 1.31 bits per heavy atom. The molecule has 1 heterocycles. The number of carboxylic acid groups (broad SMARTS) is 1. The van der Waals surface area contributed by atoms with Gasteiger partial charge < -0.3 is 32.6 Å². The van der Waals surface area contributed by atoms with Gasteiger partial charge in [-0.05, 0) is 57.4 Å². The molecular formula is C21H28ClN4O3-. The van der Waals surface area contributed by atoms with Gasteiger partial charge in [0, 0.05) is 43.8 Å². The molecule has 0 unspecified atom stereocenters. The first-order chi connectivity index (χ1) is 13.4. The van der Waals surface area contributed by atoms with Gasteiger partial charge in [0.2, 0.25) is 0 Å². The van der Waals surface area contributed by atoms with Crippen LogP contribution in [0.1, 0.15) is 32.3 Å². The van der Waals surface area contributed by atoms with Crippen LogP contribution < -0.4 is 22.6 Å². The predicted molar refractivity (Wildman–Crippen MR) is 109 cm³/mol. The molecule has 1 aliphatic rings. The number of carboxylic acids is 1. The van der Waals surface area contributed by atoms with Gasteiger partial charge >= 0.3 is 5.97 Å². The maximum Gasteiger partial charge on any atom is 0.306 e. The summed E-state index contributed by atoms with van der Waals surface area (Å²) in [7, 11) is 0. The second-order valence-electron chi connectivity index (χ2n) is 6.89. The van der Waals surface area contributed by atoms with Crippen LogP contribution in [0.2, 0.25) is 0 Å². The molecule has 0 atom stereocenters. The van der Waals surface area contributed by atoms with Crippen molar-refractivity contribution >= 4 is 23.3 Å². The molecule has 7 nitrogen and oxygen atoms in total. The van der Waals surface area contributed by atoms with Gasteiger partial charge in [-0.25, -0.2) is 0 Å². The fourth-order valence-electron chi connectivity index (χ4n) is 3.39. The highest BCUT2D eigenvalue weighted by atomic mass is 35.5. The van der Waals surface area contributed by atoms with Crippen LogP contribution in [0, 0.1) is 24.2 Å². The van der Waals surface area contributed by atoms with Crippen molar-refractivity contribution in [2.45, 2.75) is 33.6 Å². The van der Waals surface area contributed by atoms with E-state index in [4.69, 9.17) is 5.11 Å². The Balaban J connectivity index is 0.00000420. The van der Waals surface area contributed by atoms with Gasteiger partial charge in [0.15, 0.2) is 0 Å². The third-order valence-electron chi connectivity index (χ3n) is 5.19. The maximum atomic E-state index is 12.6. The number of amides is 1. The van der Waals surface area contributed by atoms with E-state index in [-0.39, 0.29) is 23.9 Å². The molecule has 0 aromatic heterocycles. The third-order valence-corrected chi connectivity index (χ3v) is 5.19. The van der Waals surface area contributed by atoms with Crippen molar-refractivity contribution < 1.29 is 27.1 Å². The number of hydrogen-bond donors (Lipinski definition) is 2. The summed E-state index contributed by atoms with van der Waals surface area (Å²) in [5, 5.41) is 21.5. The standard InChI is InChI=1S/C21H28N4O3.ClH/c1-4-24(5-2)18-6-7-19(15(3)12-18)23-14-17(13-22)20(26)25-10-8-16(9-11-25)21(27)28;/h6-7,12,14,16,23H,4-5,8-11H2,1-3H3,(H,27,28);1H/p-1/b17-14-;. The number of nitriles is 1. The Hall–Kier alpha value is -2.72. The average Bonchev–Trinajstić information content (AvgIpc) is 2.70. The fourth-order valence-corrected chi connectivity index (χ4v) is 3.39. The molecule has 1 saturated heterocycles. The second kappa shape index (κ2) is 11.3. The Bertz CT molecular complexity index is 792. The molecule has 0 bridgehead atoms. The van der Waals surface area contributed by atoms with Crippen LogP contribution in [0.15, 0.2) is 30.0 Å². The van der Waals surface area contributed by atoms with Crippen molar-refractivity contribution in [3.05, 3.63) is 35.5 Å². The average molecular weight is 420 g/mol. The quantitative estimate of drug-likeness (QED) is 0.476. The molecule has 0 saturated carbocycles. The van der Waals surface area contributed by atoms with Crippen molar-refractivity contribution in [2.24, 2.45) is 5.92 Å². The van der Waals surface area contributed by atoms with Gasteiger partial charge in [-0.1, -0.05) is 0 Å². The smallest absolute Gasteiger partial charge is 0.306 e. The summed E-state index contributed by atoms with van der Waals surface area (Å²) in [6.07, 6.45) is 2.27. The van der Waals surface area contributed by atoms with Crippen LogP contribution >= 0.6 is 0 Å². The SMILES string of the molecule is CCN(CC)c1ccc(N/C=C(/C#N)C(=O)N2CCC(C(=O)O)CC2)c(C)c1.[Cl-]. The summed E-state index contributed by atoms with van der Waals surface area (Å²) >= 11 is 0. The van der Waals surface area contributed by atoms with E-state index in [9.17, 15) is 14.9 Å². The van der Waals surface area contributed by atoms with Crippen molar-refractivity contribution in [3.8, 4) is 6.07 Å². The minimum absolute atomic E-state index is 0. The Morgan fingerprint density at radius 2 is 1.93 bits per heavy atom. The predicted octanol–water partition coefficient (Wildman–Crippen LogP) is -0.0122. The number of carbonyl (C=O) groups is 2. The zero-order chi connectivity index (χ0) is 20.7. The van der Waals surface area contributed by atoms with Gasteiger partial charge in [-0.2, -0.15) is 5.26 Å². The van der Waals surface area contributed by atoms with Crippen LogP contribution in [0.3, 0.4) is 0 Å². The number of anilines is 2. The molecule has 29 heavy (non-hydrogen) atoms. The zero-order valence-electron chi connectivity index (χ0n) is 17.1. The lowest BCUT2D eigenvalue weighted by Crippen LogP contribution is -3.00. The maximum absolute atomic E-state index is 12.6. The highest BCUT2D eigenvalue weighted by Crippen LogP contribution is 2.23. The molecule has 1 aromatic rings. The molecule has 1 aromatic carbocycles. The number of rotatable bonds is 7. The summed E-state index contributed by atoms with van der Waals surface area (Å²) in [6.45, 7) is 8.75. The van der Waals surface area contributed by atoms with E-state index in [1.54, 1.807) is 4.90 Å². The normalized spacial score (nSPS) is 14.6. The number of aryl methyl sites for hydroxylation is 1. The third kappa shape index (κ3) is 6.13. The van der Waals surface area contributed by atoms with Gasteiger partial charge in [-0.3, -0.25) is 9.59 Å². The van der Waals surface area contributed by atoms with E-state index in [1.165, 1.54) is 6.20 Å². The number of benzene rings is 1. The van der Waals surface area contributed by atoms with Crippen LogP contribution in [-0.2, 0) is 9.59 Å². The monoisotopic (exact) mass is 419 g/mol. The van der Waals surface area contributed by atoms with E-state index in [2.05, 4.69) is 30.1 Å². The number of likely N-dealkylation sites (tertiary alicyclic amines) is 1. The molecule has 2 N–H and O–H groups in total. The first-order valence-electron chi connectivity index (χ1n) is 9.65. The van der Waals surface area contributed by atoms with Gasteiger partial charge in [-0.15, -0.1) is 0 Å². The lowest BCUT2D eigenvalue weighted by Gasteiger charge is -2.29. The van der Waals surface area contributed by atoms with E-state index in [0.29, 0.717) is 25.9 Å². The largest absolute Gasteiger partial charge is 1.00 e. The molecule has 1 amide bonds. The summed E-state index contributed by atoms with van der Waals surface area (Å²) < 4.78 is 0. The summed E-state index contributed by atoms with van der Waals surface area (Å²) in [5.41, 5.74) is 3.00. The number of piperidine rings is 1. The van der Waals surface area contributed by atoms with Crippen LogP contribution in [0.4, 0.5) is 11.4 Å². The second-order valence-corrected chi connectivity index (χ2v) is 6.89. The number of carbonyl (C=O) groups excluding carboxylic acids is 1. The molecule has 0 aliphatic carbocycles. The minimum atomic E-state index is -0.826. The zero-order valence-corrected chi connectivity index (χ0v) is 17.9. The Labute approximate surface area is 178 Å². The molecule has 8 heteroatoms. The number of hydrogen-bond acceptors (Lipinski definition) is 5. The highest BCUT2D eigenvalue weighted by molar-refractivity contribution is 5.97. The van der Waals surface area contributed by atoms with Crippen molar-refractivity contribution in [2.75, 3.05) is 36.4 Å². The lowest BCUT2D eigenvalue weighted by molar-refractivity contribution is -0.145. The van der Waals surface area contributed by atoms with Crippen molar-refractivity contribution in [1.82, 2.24) is 4.90 Å². The Morgan fingerprint density at radius 3 is 2.41 bits per heavy atom. The van der Waals surface area contributed by atoms with E-state index < -0.39 is 11.9 Å². The first-order valence-corrected chi connectivity index (χ1v) is 9.65. The molecule has 2 rings (SSSR count). The van der Waals surface area contributed by atoms with E-state index in [0.717, 1.165) is 30.0 Å². The molecular weight excluding hydrogens is 392 g/mol. The number of nitrogens with one attached hydrogen (secondary N) is 1. The summed E-state index contributed by atoms with van der Waals surface area (Å²) in [5.74, 6) is -1.60. The molecule has 0 radical (unpaired) electrons. The van der Waals surface area contributed by atoms with E-state index >= 15 is 0 Å². The summed E-state index contributed by atoms with van der Waals surface area (Å²) in [6, 6.07) is 7.99. The Kier molecular flexibility index (Phi) is 9.49. The number of aliphatic carboxylic acids is 1. The van der Waals surface area contributed by atoms with Crippen LogP contribution in [0.25, 0.3) is 0 Å². The van der Waals surface area contributed by atoms with E-state index in [1.807, 2.05) is 25.1 Å². The lowest BCUT2D eigenvalue weighted by atomic mass is 9.97. The van der Waals surface area contributed by atoms with Crippen LogP contribution in [-0.4, -0.2) is 48.1 Å². The minimum Gasteiger partial charge on any atom is -1.00 e. The van der Waals surface area contributed by atoms with Crippen LogP contribution in [0.5, 0.6) is 0 Å². The first kappa shape index (κ1) is 24.3. The van der Waals surface area contributed by atoms with Gasteiger partial charge in [0.25, 0.3) is 5.91 Å². The molecule has 158 valence electrons. The van der Waals surface area contributed by atoms with Crippen molar-refractivity contribution in [3.63, 3.8) is 0 Å². The van der Waals surface area contributed by atoms with Gasteiger partial charge in [0.1, 0.15) is 11.6 Å². The van der Waals surface area contributed by atoms with Gasteiger partial charge in [0.05, 0.1) is 5.92 Å². The molecule has 1 aliphatic heterocycles. The number of nitrogens with zero attached hydrogens (tertiary/aromatic N) is 3. The number of halogens is 1.